The number of hydrogen-bond donors (Lipinski definition) is 1. The lowest BCUT2D eigenvalue weighted by Crippen LogP contribution is -2.34. The van der Waals surface area contributed by atoms with Gasteiger partial charge in [-0.25, -0.2) is 0 Å². The van der Waals surface area contributed by atoms with Crippen LogP contribution in [0.4, 0.5) is 0 Å². The fourth-order valence-electron chi connectivity index (χ4n) is 3.37. The molecule has 5 nitrogen and oxygen atoms in total. The number of nitrogens with one attached hydrogen (secondary N) is 1. The molecule has 0 aliphatic carbocycles. The first-order valence-corrected chi connectivity index (χ1v) is 7.52. The molecule has 22 heavy (non-hydrogen) atoms. The van der Waals surface area contributed by atoms with E-state index in [-0.39, 0.29) is 5.91 Å². The molecule has 0 radical (unpaired) electrons. The van der Waals surface area contributed by atoms with Gasteiger partial charge in [-0.2, -0.15) is 5.10 Å². The van der Waals surface area contributed by atoms with Crippen molar-refractivity contribution >= 4 is 16.8 Å². The Balaban J connectivity index is 1.90. The molecule has 3 heterocycles. The van der Waals surface area contributed by atoms with Gasteiger partial charge in [0.1, 0.15) is 0 Å². The lowest BCUT2D eigenvalue weighted by molar-refractivity contribution is -0.129. The molecule has 0 saturated carbocycles. The van der Waals surface area contributed by atoms with Crippen molar-refractivity contribution in [2.45, 2.75) is 19.9 Å². The zero-order valence-electron chi connectivity index (χ0n) is 12.8. The Labute approximate surface area is 128 Å². The maximum Gasteiger partial charge on any atom is 0.219 e. The Kier molecular flexibility index (Phi) is 2.82. The van der Waals surface area contributed by atoms with Crippen LogP contribution in [-0.4, -0.2) is 32.1 Å². The molecule has 0 atom stereocenters. The molecule has 0 unspecified atom stereocenters. The summed E-state index contributed by atoms with van der Waals surface area (Å²) in [6.07, 6.45) is 2.81. The number of rotatable bonds is 1. The number of aromatic nitrogens is 3. The zero-order valence-corrected chi connectivity index (χ0v) is 12.8. The van der Waals surface area contributed by atoms with Crippen LogP contribution in [0, 0.1) is 0 Å². The summed E-state index contributed by atoms with van der Waals surface area (Å²) in [4.78, 5) is 16.9. The van der Waals surface area contributed by atoms with Gasteiger partial charge in [0.15, 0.2) is 0 Å². The lowest BCUT2D eigenvalue weighted by Gasteiger charge is -2.26. The number of fused-ring (bicyclic) bond motifs is 2. The molecule has 1 aliphatic heterocycles. The molecular formula is C17H18N4O. The molecule has 0 fully saturated rings. The first-order valence-electron chi connectivity index (χ1n) is 7.52. The third-order valence-corrected chi connectivity index (χ3v) is 4.54. The van der Waals surface area contributed by atoms with Gasteiger partial charge in [0.2, 0.25) is 5.91 Å². The van der Waals surface area contributed by atoms with Gasteiger partial charge < -0.3 is 9.88 Å². The molecule has 5 heteroatoms. The number of carbonyl (C=O) groups is 1. The van der Waals surface area contributed by atoms with Crippen LogP contribution in [-0.2, 0) is 24.8 Å². The Morgan fingerprint density at radius 2 is 2.18 bits per heavy atom. The van der Waals surface area contributed by atoms with E-state index in [2.05, 4.69) is 23.2 Å². The first-order chi connectivity index (χ1) is 10.6. The highest BCUT2D eigenvalue weighted by Gasteiger charge is 2.26. The minimum absolute atomic E-state index is 0.125. The minimum Gasteiger partial charge on any atom is -0.361 e. The Morgan fingerprint density at radius 3 is 3.00 bits per heavy atom. The van der Waals surface area contributed by atoms with Crippen LogP contribution in [0.5, 0.6) is 0 Å². The van der Waals surface area contributed by atoms with E-state index in [4.69, 9.17) is 5.10 Å². The summed E-state index contributed by atoms with van der Waals surface area (Å²) in [5.74, 6) is 0.125. The van der Waals surface area contributed by atoms with Gasteiger partial charge in [-0.15, -0.1) is 0 Å². The quantitative estimate of drug-likeness (QED) is 0.749. The summed E-state index contributed by atoms with van der Waals surface area (Å²) < 4.78 is 1.97. The van der Waals surface area contributed by atoms with Crippen molar-refractivity contribution in [1.29, 1.82) is 0 Å². The van der Waals surface area contributed by atoms with Crippen molar-refractivity contribution in [3.05, 3.63) is 41.7 Å². The molecule has 0 spiro atoms. The number of carbonyl (C=O) groups excluding carboxylic acids is 1. The number of H-pyrrole nitrogens is 1. The molecule has 0 bridgehead atoms. The van der Waals surface area contributed by atoms with E-state index >= 15 is 0 Å². The van der Waals surface area contributed by atoms with Gasteiger partial charge in [0, 0.05) is 67.4 Å². The van der Waals surface area contributed by atoms with Crippen LogP contribution in [0.2, 0.25) is 0 Å². The van der Waals surface area contributed by atoms with Gasteiger partial charge in [-0.1, -0.05) is 12.1 Å². The van der Waals surface area contributed by atoms with Gasteiger partial charge in [-0.3, -0.25) is 9.48 Å². The highest BCUT2D eigenvalue weighted by molar-refractivity contribution is 5.95. The smallest absolute Gasteiger partial charge is 0.219 e. The van der Waals surface area contributed by atoms with Crippen molar-refractivity contribution in [2.75, 3.05) is 6.54 Å². The SMILES string of the molecule is CC(=O)N1CCc2c(c(-c3cccc4[nH]ccc34)nn2C)C1. The molecule has 112 valence electrons. The maximum absolute atomic E-state index is 11.7. The topological polar surface area (TPSA) is 53.9 Å². The normalized spacial score (nSPS) is 14.4. The van der Waals surface area contributed by atoms with Crippen molar-refractivity contribution in [3.8, 4) is 11.3 Å². The highest BCUT2D eigenvalue weighted by Crippen LogP contribution is 2.33. The Morgan fingerprint density at radius 1 is 1.32 bits per heavy atom. The summed E-state index contributed by atoms with van der Waals surface area (Å²) in [6.45, 7) is 3.05. The van der Waals surface area contributed by atoms with Crippen molar-refractivity contribution in [1.82, 2.24) is 19.7 Å². The summed E-state index contributed by atoms with van der Waals surface area (Å²) in [7, 11) is 1.99. The standard InChI is InChI=1S/C17H18N4O/c1-11(22)21-9-7-16-14(10-21)17(19-20(16)2)13-4-3-5-15-12(13)6-8-18-15/h3-6,8,18H,7,9-10H2,1-2H3. The predicted molar refractivity (Wildman–Crippen MR) is 85.3 cm³/mol. The van der Waals surface area contributed by atoms with Gasteiger partial charge in [0.05, 0.1) is 5.69 Å². The average molecular weight is 294 g/mol. The highest BCUT2D eigenvalue weighted by atomic mass is 16.2. The van der Waals surface area contributed by atoms with E-state index in [1.54, 1.807) is 6.92 Å². The van der Waals surface area contributed by atoms with Gasteiger partial charge in [-0.05, 0) is 12.1 Å². The van der Waals surface area contributed by atoms with E-state index in [9.17, 15) is 4.79 Å². The molecule has 0 saturated heterocycles. The second-order valence-electron chi connectivity index (χ2n) is 5.83. The summed E-state index contributed by atoms with van der Waals surface area (Å²) in [6, 6.07) is 8.29. The predicted octanol–water partition coefficient (Wildman–Crippen LogP) is 2.47. The van der Waals surface area contributed by atoms with Crippen LogP contribution >= 0.6 is 0 Å². The van der Waals surface area contributed by atoms with Crippen LogP contribution in [0.15, 0.2) is 30.5 Å². The van der Waals surface area contributed by atoms with Gasteiger partial charge >= 0.3 is 0 Å². The van der Waals surface area contributed by atoms with Crippen molar-refractivity contribution < 1.29 is 4.79 Å². The third kappa shape index (κ3) is 1.85. The van der Waals surface area contributed by atoms with Crippen LogP contribution in [0.1, 0.15) is 18.2 Å². The number of aryl methyl sites for hydroxylation is 1. The second-order valence-corrected chi connectivity index (χ2v) is 5.83. The van der Waals surface area contributed by atoms with E-state index in [0.717, 1.165) is 29.7 Å². The number of amides is 1. The maximum atomic E-state index is 11.7. The number of nitrogens with zero attached hydrogens (tertiary/aromatic N) is 3. The summed E-state index contributed by atoms with van der Waals surface area (Å²) >= 11 is 0. The van der Waals surface area contributed by atoms with E-state index in [0.29, 0.717) is 6.54 Å². The van der Waals surface area contributed by atoms with Crippen molar-refractivity contribution in [3.63, 3.8) is 0 Å². The molecule has 1 amide bonds. The molecule has 3 aromatic rings. The molecular weight excluding hydrogens is 276 g/mol. The largest absolute Gasteiger partial charge is 0.361 e. The second kappa shape index (κ2) is 4.73. The summed E-state index contributed by atoms with van der Waals surface area (Å²) in [5.41, 5.74) is 5.64. The Hall–Kier alpha value is -2.56. The zero-order chi connectivity index (χ0) is 15.3. The summed E-state index contributed by atoms with van der Waals surface area (Å²) in [5, 5.41) is 5.92. The molecule has 2 aromatic heterocycles. The number of hydrogen-bond acceptors (Lipinski definition) is 2. The molecule has 4 rings (SSSR count). The third-order valence-electron chi connectivity index (χ3n) is 4.54. The van der Waals surface area contributed by atoms with Crippen LogP contribution in [0.25, 0.3) is 22.2 Å². The fourth-order valence-corrected chi connectivity index (χ4v) is 3.37. The number of benzene rings is 1. The van der Waals surface area contributed by atoms with E-state index in [1.165, 1.54) is 16.6 Å². The molecule has 1 N–H and O–H groups in total. The Bertz CT molecular complexity index is 874. The van der Waals surface area contributed by atoms with E-state index < -0.39 is 0 Å². The van der Waals surface area contributed by atoms with Crippen molar-refractivity contribution in [2.24, 2.45) is 7.05 Å². The van der Waals surface area contributed by atoms with E-state index in [1.807, 2.05) is 28.9 Å². The lowest BCUT2D eigenvalue weighted by atomic mass is 9.99. The number of aromatic amines is 1. The molecule has 1 aromatic carbocycles. The fraction of sp³-hybridized carbons (Fsp3) is 0.294. The average Bonchev–Trinajstić information content (AvgIpc) is 3.11. The van der Waals surface area contributed by atoms with Gasteiger partial charge in [0.25, 0.3) is 0 Å². The van der Waals surface area contributed by atoms with Crippen LogP contribution in [0.3, 0.4) is 0 Å². The minimum atomic E-state index is 0.125. The van der Waals surface area contributed by atoms with Crippen LogP contribution < -0.4 is 0 Å². The first kappa shape index (κ1) is 13.1. The molecule has 1 aliphatic rings. The monoisotopic (exact) mass is 294 g/mol.